The zero-order chi connectivity index (χ0) is 13.7. The predicted molar refractivity (Wildman–Crippen MR) is 71.1 cm³/mol. The fourth-order valence-corrected chi connectivity index (χ4v) is 1.25. The van der Waals surface area contributed by atoms with E-state index in [1.807, 2.05) is 6.92 Å². The Morgan fingerprint density at radius 2 is 1.28 bits per heavy atom. The van der Waals surface area contributed by atoms with Crippen molar-refractivity contribution in [2.75, 3.05) is 11.5 Å². The molecule has 0 fully saturated rings. The first-order chi connectivity index (χ1) is 8.40. The van der Waals surface area contributed by atoms with Gasteiger partial charge in [-0.05, 0) is 55.3 Å². The number of benzene rings is 2. The molecule has 0 aliphatic carbocycles. The second-order valence-electron chi connectivity index (χ2n) is 4.00. The minimum absolute atomic E-state index is 0.235. The van der Waals surface area contributed by atoms with Crippen LogP contribution >= 0.6 is 0 Å². The molecule has 2 aromatic rings. The number of nitrogens with two attached hydrogens (primary N) is 2. The summed E-state index contributed by atoms with van der Waals surface area (Å²) in [6.45, 7) is 3.62. The van der Waals surface area contributed by atoms with Gasteiger partial charge in [-0.2, -0.15) is 0 Å². The Hall–Kier alpha value is -2.10. The number of rotatable bonds is 0. The summed E-state index contributed by atoms with van der Waals surface area (Å²) in [5.74, 6) is -0.514. The molecule has 0 unspecified atom stereocenters. The zero-order valence-corrected chi connectivity index (χ0v) is 10.4. The molecule has 0 atom stereocenters. The highest BCUT2D eigenvalue weighted by Gasteiger charge is 1.93. The van der Waals surface area contributed by atoms with Crippen molar-refractivity contribution in [3.63, 3.8) is 0 Å². The summed E-state index contributed by atoms with van der Waals surface area (Å²) in [6.07, 6.45) is 0. The molecule has 0 aromatic heterocycles. The molecular formula is C14H16F2N2. The molecule has 4 heteroatoms. The van der Waals surface area contributed by atoms with E-state index < -0.39 is 0 Å². The lowest BCUT2D eigenvalue weighted by atomic mass is 10.2. The molecule has 2 rings (SSSR count). The Morgan fingerprint density at radius 3 is 1.72 bits per heavy atom. The molecule has 0 saturated heterocycles. The molecule has 0 amide bonds. The third kappa shape index (κ3) is 4.05. The second-order valence-corrected chi connectivity index (χ2v) is 4.00. The summed E-state index contributed by atoms with van der Waals surface area (Å²) < 4.78 is 24.6. The maximum Gasteiger partial charge on any atom is 0.125 e. The number of hydrogen-bond acceptors (Lipinski definition) is 2. The maximum absolute atomic E-state index is 12.3. The third-order valence-corrected chi connectivity index (χ3v) is 2.47. The second kappa shape index (κ2) is 6.00. The minimum atomic E-state index is -0.280. The van der Waals surface area contributed by atoms with E-state index in [1.165, 1.54) is 24.3 Å². The molecule has 0 aliphatic rings. The molecule has 0 spiro atoms. The van der Waals surface area contributed by atoms with Crippen LogP contribution in [-0.4, -0.2) is 0 Å². The van der Waals surface area contributed by atoms with Gasteiger partial charge in [-0.15, -0.1) is 0 Å². The highest BCUT2D eigenvalue weighted by Crippen LogP contribution is 2.11. The lowest BCUT2D eigenvalue weighted by molar-refractivity contribution is 0.627. The van der Waals surface area contributed by atoms with E-state index >= 15 is 0 Å². The van der Waals surface area contributed by atoms with Crippen molar-refractivity contribution in [2.24, 2.45) is 0 Å². The van der Waals surface area contributed by atoms with Crippen LogP contribution in [0.5, 0.6) is 0 Å². The molecule has 0 aliphatic heterocycles. The van der Waals surface area contributed by atoms with E-state index in [-0.39, 0.29) is 11.6 Å². The fraction of sp³-hybridized carbons (Fsp3) is 0.143. The third-order valence-electron chi connectivity index (χ3n) is 2.47. The quantitative estimate of drug-likeness (QED) is 0.704. The van der Waals surface area contributed by atoms with Gasteiger partial charge in [0.1, 0.15) is 11.6 Å². The van der Waals surface area contributed by atoms with Crippen LogP contribution < -0.4 is 11.5 Å². The van der Waals surface area contributed by atoms with E-state index in [1.54, 1.807) is 19.1 Å². The first-order valence-corrected chi connectivity index (χ1v) is 5.43. The van der Waals surface area contributed by atoms with Gasteiger partial charge in [-0.1, -0.05) is 6.07 Å². The molecule has 0 radical (unpaired) electrons. The van der Waals surface area contributed by atoms with Crippen molar-refractivity contribution < 1.29 is 8.78 Å². The van der Waals surface area contributed by atoms with Crippen molar-refractivity contribution in [3.05, 3.63) is 59.2 Å². The van der Waals surface area contributed by atoms with Crippen molar-refractivity contribution in [1.29, 1.82) is 0 Å². The van der Waals surface area contributed by atoms with Crippen LogP contribution in [0.3, 0.4) is 0 Å². The van der Waals surface area contributed by atoms with Crippen molar-refractivity contribution >= 4 is 11.4 Å². The van der Waals surface area contributed by atoms with Crippen LogP contribution in [-0.2, 0) is 0 Å². The van der Waals surface area contributed by atoms with Gasteiger partial charge in [0.25, 0.3) is 0 Å². The van der Waals surface area contributed by atoms with Crippen LogP contribution in [0, 0.1) is 25.5 Å². The largest absolute Gasteiger partial charge is 0.399 e. The molecule has 0 saturated carbocycles. The average Bonchev–Trinajstić information content (AvgIpc) is 2.30. The summed E-state index contributed by atoms with van der Waals surface area (Å²) in [7, 11) is 0. The van der Waals surface area contributed by atoms with Crippen LogP contribution in [0.15, 0.2) is 36.4 Å². The van der Waals surface area contributed by atoms with E-state index in [9.17, 15) is 8.78 Å². The number of nitrogen functional groups attached to an aromatic ring is 2. The summed E-state index contributed by atoms with van der Waals surface area (Å²) in [5, 5.41) is 0. The van der Waals surface area contributed by atoms with Gasteiger partial charge < -0.3 is 11.5 Å². The van der Waals surface area contributed by atoms with Gasteiger partial charge in [-0.3, -0.25) is 0 Å². The van der Waals surface area contributed by atoms with Gasteiger partial charge in [0.05, 0.1) is 0 Å². The van der Waals surface area contributed by atoms with Gasteiger partial charge >= 0.3 is 0 Å². The predicted octanol–water partition coefficient (Wildman–Crippen LogP) is 3.43. The first-order valence-electron chi connectivity index (χ1n) is 5.43. The molecular weight excluding hydrogens is 234 g/mol. The molecule has 18 heavy (non-hydrogen) atoms. The summed E-state index contributed by atoms with van der Waals surface area (Å²) in [4.78, 5) is 0. The van der Waals surface area contributed by atoms with E-state index in [0.717, 1.165) is 11.1 Å². The Balaban J connectivity index is 0.000000180. The summed E-state index contributed by atoms with van der Waals surface area (Å²) >= 11 is 0. The lowest BCUT2D eigenvalue weighted by Gasteiger charge is -1.96. The minimum Gasteiger partial charge on any atom is -0.399 e. The molecule has 96 valence electrons. The maximum atomic E-state index is 12.3. The molecule has 4 N–H and O–H groups in total. The molecule has 2 nitrogen and oxygen atoms in total. The van der Waals surface area contributed by atoms with E-state index in [0.29, 0.717) is 11.4 Å². The van der Waals surface area contributed by atoms with Crippen LogP contribution in [0.1, 0.15) is 11.1 Å². The highest BCUT2D eigenvalue weighted by molar-refractivity contribution is 5.46. The number of halogens is 2. The Bertz CT molecular complexity index is 490. The van der Waals surface area contributed by atoms with E-state index in [4.69, 9.17) is 11.5 Å². The fourth-order valence-electron chi connectivity index (χ4n) is 1.25. The Morgan fingerprint density at radius 1 is 0.722 bits per heavy atom. The van der Waals surface area contributed by atoms with Crippen LogP contribution in [0.25, 0.3) is 0 Å². The topological polar surface area (TPSA) is 52.0 Å². The van der Waals surface area contributed by atoms with Gasteiger partial charge in [-0.25, -0.2) is 8.78 Å². The van der Waals surface area contributed by atoms with Crippen molar-refractivity contribution in [3.8, 4) is 0 Å². The SMILES string of the molecule is Cc1cc(F)ccc1N.Cc1ccc(F)cc1N. The van der Waals surface area contributed by atoms with Gasteiger partial charge in [0, 0.05) is 11.4 Å². The number of aryl methyl sites for hydroxylation is 2. The monoisotopic (exact) mass is 250 g/mol. The smallest absolute Gasteiger partial charge is 0.125 e. The standard InChI is InChI=1S/2C7H8FN/c1-5-4-6(8)2-3-7(5)9;1-5-2-3-6(8)4-7(5)9/h2*2-4H,9H2,1H3. The zero-order valence-electron chi connectivity index (χ0n) is 10.4. The van der Waals surface area contributed by atoms with Crippen molar-refractivity contribution in [2.45, 2.75) is 13.8 Å². The molecule has 2 aromatic carbocycles. The number of hydrogen-bond donors (Lipinski definition) is 2. The van der Waals surface area contributed by atoms with Crippen molar-refractivity contribution in [1.82, 2.24) is 0 Å². The Kier molecular flexibility index (Phi) is 4.66. The van der Waals surface area contributed by atoms with E-state index in [2.05, 4.69) is 0 Å². The van der Waals surface area contributed by atoms with Crippen LogP contribution in [0.4, 0.5) is 20.2 Å². The highest BCUT2D eigenvalue weighted by atomic mass is 19.1. The normalized spacial score (nSPS) is 9.56. The first kappa shape index (κ1) is 14.0. The summed E-state index contributed by atoms with van der Waals surface area (Å²) in [6, 6.07) is 8.69. The van der Waals surface area contributed by atoms with Gasteiger partial charge in [0.2, 0.25) is 0 Å². The Labute approximate surface area is 105 Å². The number of anilines is 2. The van der Waals surface area contributed by atoms with Crippen LogP contribution in [0.2, 0.25) is 0 Å². The van der Waals surface area contributed by atoms with Gasteiger partial charge in [0.15, 0.2) is 0 Å². The molecule has 0 bridgehead atoms. The lowest BCUT2D eigenvalue weighted by Crippen LogP contribution is -1.89. The summed E-state index contributed by atoms with van der Waals surface area (Å²) in [5.41, 5.74) is 13.6. The average molecular weight is 250 g/mol. The molecule has 0 heterocycles.